The SMILES string of the molecule is O=C(O)c1cc(-c2ccccn2)nn1-c1ccccc1Cl. The van der Waals surface area contributed by atoms with Crippen molar-refractivity contribution in [2.45, 2.75) is 0 Å². The first-order valence-electron chi connectivity index (χ1n) is 6.16. The predicted octanol–water partition coefficient (Wildman–Crippen LogP) is 3.29. The van der Waals surface area contributed by atoms with Crippen molar-refractivity contribution < 1.29 is 9.90 Å². The predicted molar refractivity (Wildman–Crippen MR) is 78.8 cm³/mol. The van der Waals surface area contributed by atoms with Gasteiger partial charge in [-0.15, -0.1) is 0 Å². The summed E-state index contributed by atoms with van der Waals surface area (Å²) < 4.78 is 1.31. The fourth-order valence-corrected chi connectivity index (χ4v) is 2.20. The maximum Gasteiger partial charge on any atom is 0.354 e. The van der Waals surface area contributed by atoms with E-state index in [0.29, 0.717) is 22.1 Å². The van der Waals surface area contributed by atoms with Gasteiger partial charge in [-0.05, 0) is 24.3 Å². The van der Waals surface area contributed by atoms with E-state index in [1.54, 1.807) is 42.6 Å². The minimum atomic E-state index is -1.08. The number of hydrogen-bond acceptors (Lipinski definition) is 3. The summed E-state index contributed by atoms with van der Waals surface area (Å²) in [5.41, 5.74) is 1.63. The fourth-order valence-electron chi connectivity index (χ4n) is 1.98. The second kappa shape index (κ2) is 5.38. The molecule has 3 aromatic rings. The maximum absolute atomic E-state index is 11.4. The highest BCUT2D eigenvalue weighted by Crippen LogP contribution is 2.24. The number of nitrogens with zero attached hydrogens (tertiary/aromatic N) is 3. The van der Waals surface area contributed by atoms with Crippen LogP contribution in [0.1, 0.15) is 10.5 Å². The van der Waals surface area contributed by atoms with Gasteiger partial charge in [-0.2, -0.15) is 5.10 Å². The minimum absolute atomic E-state index is 0.0313. The third kappa shape index (κ3) is 2.51. The van der Waals surface area contributed by atoms with Gasteiger partial charge in [-0.1, -0.05) is 29.8 Å². The van der Waals surface area contributed by atoms with E-state index in [1.807, 2.05) is 6.07 Å². The summed E-state index contributed by atoms with van der Waals surface area (Å²) in [6.45, 7) is 0. The number of aromatic nitrogens is 3. The number of carbonyl (C=O) groups is 1. The molecule has 0 radical (unpaired) electrons. The molecule has 5 nitrogen and oxygen atoms in total. The van der Waals surface area contributed by atoms with Crippen LogP contribution < -0.4 is 0 Å². The van der Waals surface area contributed by atoms with Crippen LogP contribution in [0.15, 0.2) is 54.7 Å². The molecule has 0 aliphatic rings. The van der Waals surface area contributed by atoms with E-state index in [9.17, 15) is 9.90 Å². The maximum atomic E-state index is 11.4. The zero-order valence-electron chi connectivity index (χ0n) is 10.8. The Labute approximate surface area is 125 Å². The van der Waals surface area contributed by atoms with Crippen LogP contribution in [-0.2, 0) is 0 Å². The van der Waals surface area contributed by atoms with Crippen LogP contribution in [0.5, 0.6) is 0 Å². The number of hydrogen-bond donors (Lipinski definition) is 1. The van der Waals surface area contributed by atoms with Gasteiger partial charge >= 0.3 is 5.97 Å². The Bertz CT molecular complexity index is 800. The van der Waals surface area contributed by atoms with Gasteiger partial charge in [0.05, 0.1) is 16.4 Å². The van der Waals surface area contributed by atoms with Crippen molar-refractivity contribution in [1.82, 2.24) is 14.8 Å². The Morgan fingerprint density at radius 2 is 1.86 bits per heavy atom. The third-order valence-electron chi connectivity index (χ3n) is 2.94. The minimum Gasteiger partial charge on any atom is -0.477 e. The molecule has 0 fully saturated rings. The van der Waals surface area contributed by atoms with E-state index >= 15 is 0 Å². The molecule has 0 amide bonds. The molecule has 1 aromatic carbocycles. The quantitative estimate of drug-likeness (QED) is 0.806. The monoisotopic (exact) mass is 299 g/mol. The van der Waals surface area contributed by atoms with Crippen molar-refractivity contribution in [2.75, 3.05) is 0 Å². The number of benzene rings is 1. The molecule has 21 heavy (non-hydrogen) atoms. The average molecular weight is 300 g/mol. The van der Waals surface area contributed by atoms with Crippen LogP contribution in [0.2, 0.25) is 5.02 Å². The molecule has 0 unspecified atom stereocenters. The first kappa shape index (κ1) is 13.3. The lowest BCUT2D eigenvalue weighted by Crippen LogP contribution is -2.08. The molecule has 2 heterocycles. The van der Waals surface area contributed by atoms with Crippen LogP contribution in [0, 0.1) is 0 Å². The highest BCUT2D eigenvalue weighted by atomic mass is 35.5. The molecule has 1 N–H and O–H groups in total. The summed E-state index contributed by atoms with van der Waals surface area (Å²) in [7, 11) is 0. The Morgan fingerprint density at radius 3 is 2.52 bits per heavy atom. The summed E-state index contributed by atoms with van der Waals surface area (Å²) in [5.74, 6) is -1.08. The molecule has 0 spiro atoms. The molecule has 2 aromatic heterocycles. The lowest BCUT2D eigenvalue weighted by atomic mass is 10.2. The van der Waals surface area contributed by atoms with Gasteiger partial charge in [0.25, 0.3) is 0 Å². The van der Waals surface area contributed by atoms with Gasteiger partial charge in [0.2, 0.25) is 0 Å². The molecule has 0 saturated heterocycles. The third-order valence-corrected chi connectivity index (χ3v) is 3.26. The van der Waals surface area contributed by atoms with Gasteiger partial charge in [0, 0.05) is 12.3 Å². The smallest absolute Gasteiger partial charge is 0.354 e. The first-order valence-corrected chi connectivity index (χ1v) is 6.54. The number of rotatable bonds is 3. The summed E-state index contributed by atoms with van der Waals surface area (Å²) in [6, 6.07) is 13.8. The lowest BCUT2D eigenvalue weighted by Gasteiger charge is -2.06. The normalized spacial score (nSPS) is 10.5. The van der Waals surface area contributed by atoms with Crippen molar-refractivity contribution in [3.8, 4) is 17.1 Å². The molecular formula is C15H10ClN3O2. The number of aromatic carboxylic acids is 1. The van der Waals surface area contributed by atoms with Crippen molar-refractivity contribution in [3.63, 3.8) is 0 Å². The molecule has 104 valence electrons. The molecule has 0 aliphatic heterocycles. The van der Waals surface area contributed by atoms with Gasteiger partial charge in [-0.25, -0.2) is 9.48 Å². The van der Waals surface area contributed by atoms with E-state index in [-0.39, 0.29) is 5.69 Å². The highest BCUT2D eigenvalue weighted by Gasteiger charge is 2.18. The topological polar surface area (TPSA) is 68.0 Å². The zero-order chi connectivity index (χ0) is 14.8. The Hall–Kier alpha value is -2.66. The number of carboxylic acids is 1. The van der Waals surface area contributed by atoms with Crippen LogP contribution in [0.4, 0.5) is 0 Å². The molecule has 0 atom stereocenters. The van der Waals surface area contributed by atoms with Crippen molar-refractivity contribution in [1.29, 1.82) is 0 Å². The van der Waals surface area contributed by atoms with Crippen molar-refractivity contribution >= 4 is 17.6 Å². The summed E-state index contributed by atoms with van der Waals surface area (Å²) in [5, 5.41) is 14.1. The molecule has 3 rings (SSSR count). The summed E-state index contributed by atoms with van der Waals surface area (Å²) >= 11 is 6.12. The highest BCUT2D eigenvalue weighted by molar-refractivity contribution is 6.32. The van der Waals surface area contributed by atoms with E-state index < -0.39 is 5.97 Å². The van der Waals surface area contributed by atoms with Crippen LogP contribution in [0.25, 0.3) is 17.1 Å². The Kier molecular flexibility index (Phi) is 3.41. The second-order valence-electron chi connectivity index (χ2n) is 4.30. The first-order chi connectivity index (χ1) is 10.2. The van der Waals surface area contributed by atoms with Gasteiger partial charge in [0.1, 0.15) is 5.69 Å². The standard InChI is InChI=1S/C15H10ClN3O2/c16-10-5-1-2-7-13(10)19-14(15(20)21)9-12(18-19)11-6-3-4-8-17-11/h1-9H,(H,20,21). The zero-order valence-corrected chi connectivity index (χ0v) is 11.5. The van der Waals surface area contributed by atoms with Crippen LogP contribution in [0.3, 0.4) is 0 Å². The van der Waals surface area contributed by atoms with Gasteiger partial charge in [-0.3, -0.25) is 4.98 Å². The van der Waals surface area contributed by atoms with Crippen LogP contribution >= 0.6 is 11.6 Å². The Balaban J connectivity index is 2.19. The molecular weight excluding hydrogens is 290 g/mol. The lowest BCUT2D eigenvalue weighted by molar-refractivity contribution is 0.0687. The fraction of sp³-hybridized carbons (Fsp3) is 0. The summed E-state index contributed by atoms with van der Waals surface area (Å²) in [6.07, 6.45) is 1.63. The van der Waals surface area contributed by atoms with Crippen molar-refractivity contribution in [3.05, 3.63) is 65.4 Å². The molecule has 0 aliphatic carbocycles. The number of para-hydroxylation sites is 1. The van der Waals surface area contributed by atoms with Crippen molar-refractivity contribution in [2.24, 2.45) is 0 Å². The number of carboxylic acid groups (broad SMARTS) is 1. The number of pyridine rings is 1. The Morgan fingerprint density at radius 1 is 1.10 bits per heavy atom. The van der Waals surface area contributed by atoms with E-state index in [2.05, 4.69) is 10.1 Å². The van der Waals surface area contributed by atoms with Gasteiger partial charge in [0.15, 0.2) is 5.69 Å². The van der Waals surface area contributed by atoms with E-state index in [1.165, 1.54) is 10.7 Å². The average Bonchev–Trinajstić information content (AvgIpc) is 2.94. The molecule has 0 bridgehead atoms. The van der Waals surface area contributed by atoms with Crippen LogP contribution in [-0.4, -0.2) is 25.8 Å². The summed E-state index contributed by atoms with van der Waals surface area (Å²) in [4.78, 5) is 15.6. The number of halogens is 1. The molecule has 6 heteroatoms. The second-order valence-corrected chi connectivity index (χ2v) is 4.71. The van der Waals surface area contributed by atoms with Gasteiger partial charge < -0.3 is 5.11 Å². The van der Waals surface area contributed by atoms with E-state index in [0.717, 1.165) is 0 Å². The van der Waals surface area contributed by atoms with E-state index in [4.69, 9.17) is 11.6 Å². The largest absolute Gasteiger partial charge is 0.477 e. The molecule has 0 saturated carbocycles.